The van der Waals surface area contributed by atoms with Crippen LogP contribution in [0.1, 0.15) is 30.0 Å². The van der Waals surface area contributed by atoms with Gasteiger partial charge in [-0.15, -0.1) is 12.4 Å². The zero-order chi connectivity index (χ0) is 15.6. The maximum atomic E-state index is 5.91. The van der Waals surface area contributed by atoms with E-state index in [9.17, 15) is 0 Å². The zero-order valence-corrected chi connectivity index (χ0v) is 14.4. The van der Waals surface area contributed by atoms with Crippen LogP contribution in [0.25, 0.3) is 0 Å². The minimum Gasteiger partial charge on any atom is -0.486 e. The fraction of sp³-hybridized carbons (Fsp3) is 0.368. The Morgan fingerprint density at radius 3 is 2.71 bits per heavy atom. The smallest absolute Gasteiger partial charge is 0.161 e. The van der Waals surface area contributed by atoms with Crippen LogP contribution < -0.4 is 15.2 Å². The van der Waals surface area contributed by atoms with Crippen molar-refractivity contribution in [1.29, 1.82) is 0 Å². The lowest BCUT2D eigenvalue weighted by Gasteiger charge is -2.26. The first kappa shape index (κ1) is 16.9. The van der Waals surface area contributed by atoms with E-state index >= 15 is 0 Å². The highest BCUT2D eigenvalue weighted by atomic mass is 35.5. The van der Waals surface area contributed by atoms with Crippen LogP contribution in [0.2, 0.25) is 0 Å². The molecular formula is C19H23ClN2O2. The molecule has 1 fully saturated rings. The SMILES string of the molecule is Cl.Nc1cccc(CN2CCCC2c2ccc3c(c2)OCCO3)c1. The average molecular weight is 347 g/mol. The number of benzene rings is 2. The fourth-order valence-corrected chi connectivity index (χ4v) is 3.59. The molecule has 1 unspecified atom stereocenters. The molecule has 0 bridgehead atoms. The van der Waals surface area contributed by atoms with Crippen molar-refractivity contribution in [2.24, 2.45) is 0 Å². The van der Waals surface area contributed by atoms with E-state index in [0.717, 1.165) is 30.3 Å². The number of likely N-dealkylation sites (tertiary alicyclic amines) is 1. The number of nitrogens with two attached hydrogens (primary N) is 1. The van der Waals surface area contributed by atoms with Crippen molar-refractivity contribution < 1.29 is 9.47 Å². The number of ether oxygens (including phenoxy) is 2. The van der Waals surface area contributed by atoms with Crippen molar-refractivity contribution in [3.05, 3.63) is 53.6 Å². The summed E-state index contributed by atoms with van der Waals surface area (Å²) in [6, 6.07) is 15.0. The molecule has 2 aliphatic rings. The molecule has 0 aromatic heterocycles. The lowest BCUT2D eigenvalue weighted by atomic mass is 10.0. The van der Waals surface area contributed by atoms with Crippen LogP contribution in [-0.2, 0) is 6.54 Å². The number of halogens is 1. The summed E-state index contributed by atoms with van der Waals surface area (Å²) in [6.45, 7) is 3.32. The summed E-state index contributed by atoms with van der Waals surface area (Å²) in [7, 11) is 0. The van der Waals surface area contributed by atoms with E-state index in [4.69, 9.17) is 15.2 Å². The van der Waals surface area contributed by atoms with Crippen LogP contribution in [0.15, 0.2) is 42.5 Å². The van der Waals surface area contributed by atoms with Gasteiger partial charge in [-0.2, -0.15) is 0 Å². The van der Waals surface area contributed by atoms with E-state index in [-0.39, 0.29) is 12.4 Å². The van der Waals surface area contributed by atoms with Gasteiger partial charge in [-0.3, -0.25) is 4.90 Å². The predicted molar refractivity (Wildman–Crippen MR) is 97.9 cm³/mol. The minimum absolute atomic E-state index is 0. The minimum atomic E-state index is 0. The van der Waals surface area contributed by atoms with Crippen molar-refractivity contribution >= 4 is 18.1 Å². The van der Waals surface area contributed by atoms with Crippen molar-refractivity contribution in [3.63, 3.8) is 0 Å². The van der Waals surface area contributed by atoms with Gasteiger partial charge in [-0.05, 0) is 54.8 Å². The Labute approximate surface area is 149 Å². The summed E-state index contributed by atoms with van der Waals surface area (Å²) < 4.78 is 11.4. The molecule has 5 heteroatoms. The Bertz CT molecular complexity index is 708. The van der Waals surface area contributed by atoms with Crippen LogP contribution in [0.5, 0.6) is 11.5 Å². The Balaban J connectivity index is 0.00000169. The van der Waals surface area contributed by atoms with Crippen molar-refractivity contribution in [3.8, 4) is 11.5 Å². The molecule has 2 aromatic rings. The van der Waals surface area contributed by atoms with Gasteiger partial charge in [0.15, 0.2) is 11.5 Å². The highest BCUT2D eigenvalue weighted by molar-refractivity contribution is 5.85. The quantitative estimate of drug-likeness (QED) is 0.859. The first-order valence-corrected chi connectivity index (χ1v) is 8.27. The van der Waals surface area contributed by atoms with E-state index in [1.807, 2.05) is 18.2 Å². The monoisotopic (exact) mass is 346 g/mol. The van der Waals surface area contributed by atoms with Crippen LogP contribution >= 0.6 is 12.4 Å². The summed E-state index contributed by atoms with van der Waals surface area (Å²) in [5, 5.41) is 0. The van der Waals surface area contributed by atoms with Gasteiger partial charge in [-0.25, -0.2) is 0 Å². The van der Waals surface area contributed by atoms with Crippen LogP contribution in [0.3, 0.4) is 0 Å². The molecule has 2 N–H and O–H groups in total. The molecule has 0 spiro atoms. The van der Waals surface area contributed by atoms with Gasteiger partial charge in [0.2, 0.25) is 0 Å². The van der Waals surface area contributed by atoms with Gasteiger partial charge in [0, 0.05) is 18.3 Å². The molecule has 0 aliphatic carbocycles. The highest BCUT2D eigenvalue weighted by Gasteiger charge is 2.27. The molecule has 24 heavy (non-hydrogen) atoms. The third-order valence-electron chi connectivity index (χ3n) is 4.65. The van der Waals surface area contributed by atoms with E-state index in [1.54, 1.807) is 0 Å². The molecule has 2 aromatic carbocycles. The van der Waals surface area contributed by atoms with Crippen LogP contribution in [0, 0.1) is 0 Å². The second kappa shape index (κ2) is 7.32. The topological polar surface area (TPSA) is 47.7 Å². The molecule has 4 nitrogen and oxygen atoms in total. The molecule has 0 radical (unpaired) electrons. The lowest BCUT2D eigenvalue weighted by Crippen LogP contribution is -2.23. The first-order chi connectivity index (χ1) is 11.3. The normalized spacial score (nSPS) is 19.8. The molecular weight excluding hydrogens is 324 g/mol. The molecule has 0 amide bonds. The molecule has 2 heterocycles. The zero-order valence-electron chi connectivity index (χ0n) is 13.6. The van der Waals surface area contributed by atoms with Gasteiger partial charge in [0.25, 0.3) is 0 Å². The molecule has 0 saturated carbocycles. The van der Waals surface area contributed by atoms with Crippen molar-refractivity contribution in [1.82, 2.24) is 4.90 Å². The predicted octanol–water partition coefficient (Wildman–Crippen LogP) is 3.80. The van der Waals surface area contributed by atoms with Gasteiger partial charge in [-0.1, -0.05) is 18.2 Å². The Morgan fingerprint density at radius 1 is 1.04 bits per heavy atom. The van der Waals surface area contributed by atoms with E-state index in [1.165, 1.54) is 24.0 Å². The Morgan fingerprint density at radius 2 is 1.88 bits per heavy atom. The standard InChI is InChI=1S/C19H22N2O2.ClH/c20-16-4-1-3-14(11-16)13-21-8-2-5-17(21)15-6-7-18-19(12-15)23-10-9-22-18;/h1,3-4,6-7,11-12,17H,2,5,8-10,13,20H2;1H. The Hall–Kier alpha value is -1.91. The summed E-state index contributed by atoms with van der Waals surface area (Å²) in [5.41, 5.74) is 9.33. The lowest BCUT2D eigenvalue weighted by molar-refractivity contribution is 0.170. The van der Waals surface area contributed by atoms with Crippen molar-refractivity contribution in [2.45, 2.75) is 25.4 Å². The second-order valence-electron chi connectivity index (χ2n) is 6.28. The fourth-order valence-electron chi connectivity index (χ4n) is 3.59. The molecule has 1 atom stereocenters. The number of nitrogen functional groups attached to an aromatic ring is 1. The maximum Gasteiger partial charge on any atom is 0.161 e. The van der Waals surface area contributed by atoms with Crippen molar-refractivity contribution in [2.75, 3.05) is 25.5 Å². The summed E-state index contributed by atoms with van der Waals surface area (Å²) in [6.07, 6.45) is 2.41. The number of rotatable bonds is 3. The van der Waals surface area contributed by atoms with Crippen LogP contribution in [0.4, 0.5) is 5.69 Å². The summed E-state index contributed by atoms with van der Waals surface area (Å²) >= 11 is 0. The second-order valence-corrected chi connectivity index (χ2v) is 6.28. The largest absolute Gasteiger partial charge is 0.486 e. The third-order valence-corrected chi connectivity index (χ3v) is 4.65. The van der Waals surface area contributed by atoms with Gasteiger partial charge >= 0.3 is 0 Å². The summed E-state index contributed by atoms with van der Waals surface area (Å²) in [5.74, 6) is 1.74. The van der Waals surface area contributed by atoms with E-state index in [2.05, 4.69) is 29.2 Å². The maximum absolute atomic E-state index is 5.91. The number of anilines is 1. The van der Waals surface area contributed by atoms with E-state index in [0.29, 0.717) is 19.3 Å². The number of fused-ring (bicyclic) bond motifs is 1. The summed E-state index contributed by atoms with van der Waals surface area (Å²) in [4.78, 5) is 2.53. The number of hydrogen-bond acceptors (Lipinski definition) is 4. The molecule has 128 valence electrons. The van der Waals surface area contributed by atoms with Gasteiger partial charge < -0.3 is 15.2 Å². The highest BCUT2D eigenvalue weighted by Crippen LogP contribution is 2.38. The molecule has 4 rings (SSSR count). The van der Waals surface area contributed by atoms with Gasteiger partial charge in [0.05, 0.1) is 0 Å². The third kappa shape index (κ3) is 3.45. The number of hydrogen-bond donors (Lipinski definition) is 1. The molecule has 2 aliphatic heterocycles. The Kier molecular flexibility index (Phi) is 5.17. The van der Waals surface area contributed by atoms with E-state index < -0.39 is 0 Å². The van der Waals surface area contributed by atoms with Gasteiger partial charge in [0.1, 0.15) is 13.2 Å². The average Bonchev–Trinajstić information content (AvgIpc) is 3.02. The van der Waals surface area contributed by atoms with Crippen LogP contribution in [-0.4, -0.2) is 24.7 Å². The number of nitrogens with zero attached hydrogens (tertiary/aromatic N) is 1. The first-order valence-electron chi connectivity index (χ1n) is 8.27. The molecule has 1 saturated heterocycles.